The lowest BCUT2D eigenvalue weighted by Crippen LogP contribution is -2.45. The SMILES string of the molecule is CCN1CCN(Cc2cc(C(=O)N3CCC([C@@H](O)C(C)C)CC3)no2)CC1. The second-order valence-electron chi connectivity index (χ2n) is 8.25. The molecule has 7 heteroatoms. The van der Waals surface area contributed by atoms with Gasteiger partial charge in [-0.15, -0.1) is 0 Å². The van der Waals surface area contributed by atoms with E-state index < -0.39 is 0 Å². The first-order valence-electron chi connectivity index (χ1n) is 10.4. The highest BCUT2D eigenvalue weighted by molar-refractivity contribution is 5.92. The van der Waals surface area contributed by atoms with E-state index in [0.717, 1.165) is 51.3 Å². The third-order valence-corrected chi connectivity index (χ3v) is 6.06. The molecule has 2 saturated heterocycles. The van der Waals surface area contributed by atoms with Crippen molar-refractivity contribution in [2.24, 2.45) is 11.8 Å². The Labute approximate surface area is 162 Å². The Balaban J connectivity index is 1.49. The fourth-order valence-electron chi connectivity index (χ4n) is 4.12. The molecule has 0 radical (unpaired) electrons. The van der Waals surface area contributed by atoms with Crippen LogP contribution in [0.15, 0.2) is 10.6 Å². The third-order valence-electron chi connectivity index (χ3n) is 6.06. The molecule has 7 nitrogen and oxygen atoms in total. The number of piperidine rings is 1. The van der Waals surface area contributed by atoms with E-state index in [1.54, 1.807) is 6.07 Å². The maximum atomic E-state index is 12.7. The van der Waals surface area contributed by atoms with Crippen molar-refractivity contribution in [2.75, 3.05) is 45.8 Å². The number of aromatic nitrogens is 1. The van der Waals surface area contributed by atoms with Gasteiger partial charge in [0.25, 0.3) is 5.91 Å². The highest BCUT2D eigenvalue weighted by Crippen LogP contribution is 2.25. The third kappa shape index (κ3) is 5.09. The van der Waals surface area contributed by atoms with Crippen LogP contribution in [-0.4, -0.2) is 82.8 Å². The van der Waals surface area contributed by atoms with E-state index in [-0.39, 0.29) is 23.8 Å². The molecule has 1 aromatic heterocycles. The van der Waals surface area contributed by atoms with E-state index in [2.05, 4.69) is 21.9 Å². The van der Waals surface area contributed by atoms with Gasteiger partial charge in [0.15, 0.2) is 11.5 Å². The number of amides is 1. The second-order valence-corrected chi connectivity index (χ2v) is 8.25. The summed E-state index contributed by atoms with van der Waals surface area (Å²) in [5.74, 6) is 1.24. The van der Waals surface area contributed by atoms with E-state index in [1.165, 1.54) is 0 Å². The summed E-state index contributed by atoms with van der Waals surface area (Å²) in [6.45, 7) is 13.6. The van der Waals surface area contributed by atoms with Gasteiger partial charge in [0.2, 0.25) is 0 Å². The first-order chi connectivity index (χ1) is 13.0. The molecule has 1 aromatic rings. The number of carbonyl (C=O) groups is 1. The Bertz CT molecular complexity index is 602. The number of carbonyl (C=O) groups excluding carboxylic acids is 1. The average Bonchev–Trinajstić information content (AvgIpc) is 3.16. The summed E-state index contributed by atoms with van der Waals surface area (Å²) in [5.41, 5.74) is 0.403. The molecule has 0 aliphatic carbocycles. The smallest absolute Gasteiger partial charge is 0.276 e. The van der Waals surface area contributed by atoms with Gasteiger partial charge in [0.1, 0.15) is 0 Å². The minimum atomic E-state index is -0.283. The molecule has 3 rings (SSSR count). The van der Waals surface area contributed by atoms with Crippen LogP contribution >= 0.6 is 0 Å². The lowest BCUT2D eigenvalue weighted by Gasteiger charge is -2.35. The second kappa shape index (κ2) is 9.17. The molecule has 0 unspecified atom stereocenters. The maximum absolute atomic E-state index is 12.7. The van der Waals surface area contributed by atoms with Crippen LogP contribution in [-0.2, 0) is 6.54 Å². The van der Waals surface area contributed by atoms with Gasteiger partial charge in [-0.25, -0.2) is 0 Å². The fraction of sp³-hybridized carbons (Fsp3) is 0.800. The van der Waals surface area contributed by atoms with Crippen molar-refractivity contribution in [1.29, 1.82) is 0 Å². The Kier molecular flexibility index (Phi) is 6.89. The van der Waals surface area contributed by atoms with Gasteiger partial charge in [-0.3, -0.25) is 9.69 Å². The molecule has 1 N–H and O–H groups in total. The van der Waals surface area contributed by atoms with Gasteiger partial charge in [0, 0.05) is 45.3 Å². The number of aliphatic hydroxyl groups excluding tert-OH is 1. The van der Waals surface area contributed by atoms with Crippen LogP contribution in [0.4, 0.5) is 0 Å². The molecule has 0 spiro atoms. The summed E-state index contributed by atoms with van der Waals surface area (Å²) in [6.07, 6.45) is 1.41. The summed E-state index contributed by atoms with van der Waals surface area (Å²) in [6, 6.07) is 1.80. The van der Waals surface area contributed by atoms with Crippen LogP contribution in [0.2, 0.25) is 0 Å². The number of likely N-dealkylation sites (N-methyl/N-ethyl adjacent to an activating group) is 1. The molecule has 3 heterocycles. The van der Waals surface area contributed by atoms with Crippen LogP contribution in [0, 0.1) is 11.8 Å². The predicted octanol–water partition coefficient (Wildman–Crippen LogP) is 1.68. The molecule has 1 atom stereocenters. The van der Waals surface area contributed by atoms with Crippen molar-refractivity contribution in [3.63, 3.8) is 0 Å². The van der Waals surface area contributed by atoms with Gasteiger partial charge in [-0.1, -0.05) is 25.9 Å². The molecule has 1 amide bonds. The van der Waals surface area contributed by atoms with Crippen LogP contribution < -0.4 is 0 Å². The van der Waals surface area contributed by atoms with Crippen molar-refractivity contribution in [1.82, 2.24) is 19.9 Å². The van der Waals surface area contributed by atoms with Crippen molar-refractivity contribution in [3.8, 4) is 0 Å². The van der Waals surface area contributed by atoms with E-state index in [1.807, 2.05) is 18.7 Å². The predicted molar refractivity (Wildman–Crippen MR) is 103 cm³/mol. The quantitative estimate of drug-likeness (QED) is 0.812. The average molecular weight is 379 g/mol. The molecular weight excluding hydrogens is 344 g/mol. The number of nitrogens with zero attached hydrogens (tertiary/aromatic N) is 4. The number of rotatable bonds is 6. The standard InChI is InChI=1S/C20H34N4O3/c1-4-22-9-11-23(12-10-22)14-17-13-18(21-27-17)20(26)24-7-5-16(6-8-24)19(25)15(2)3/h13,15-16,19,25H,4-12,14H2,1-3H3/t19-/m0/s1. The summed E-state index contributed by atoms with van der Waals surface area (Å²) in [4.78, 5) is 19.3. The van der Waals surface area contributed by atoms with Crippen LogP contribution in [0.25, 0.3) is 0 Å². The highest BCUT2D eigenvalue weighted by Gasteiger charge is 2.30. The zero-order valence-corrected chi connectivity index (χ0v) is 16.9. The van der Waals surface area contributed by atoms with Gasteiger partial charge < -0.3 is 19.4 Å². The zero-order valence-electron chi connectivity index (χ0n) is 16.9. The molecule has 2 aliphatic heterocycles. The largest absolute Gasteiger partial charge is 0.393 e. The maximum Gasteiger partial charge on any atom is 0.276 e. The molecule has 0 saturated carbocycles. The van der Waals surface area contributed by atoms with E-state index in [4.69, 9.17) is 4.52 Å². The fourth-order valence-corrected chi connectivity index (χ4v) is 4.12. The minimum Gasteiger partial charge on any atom is -0.393 e. The Morgan fingerprint density at radius 3 is 2.41 bits per heavy atom. The van der Waals surface area contributed by atoms with Crippen molar-refractivity contribution < 1.29 is 14.4 Å². The van der Waals surface area contributed by atoms with E-state index in [9.17, 15) is 9.90 Å². The lowest BCUT2D eigenvalue weighted by atomic mass is 9.85. The molecular formula is C20H34N4O3. The van der Waals surface area contributed by atoms with Crippen LogP contribution in [0.5, 0.6) is 0 Å². The van der Waals surface area contributed by atoms with Crippen LogP contribution in [0.3, 0.4) is 0 Å². The monoisotopic (exact) mass is 378 g/mol. The minimum absolute atomic E-state index is 0.0571. The van der Waals surface area contributed by atoms with Gasteiger partial charge in [-0.05, 0) is 31.2 Å². The molecule has 152 valence electrons. The summed E-state index contributed by atoms with van der Waals surface area (Å²) < 4.78 is 5.43. The number of aliphatic hydroxyl groups is 1. The van der Waals surface area contributed by atoms with Crippen molar-refractivity contribution in [2.45, 2.75) is 46.3 Å². The topological polar surface area (TPSA) is 73.0 Å². The summed E-state index contributed by atoms with van der Waals surface area (Å²) in [5, 5.41) is 14.3. The Hall–Kier alpha value is -1.44. The number of likely N-dealkylation sites (tertiary alicyclic amines) is 1. The summed E-state index contributed by atoms with van der Waals surface area (Å²) >= 11 is 0. The Morgan fingerprint density at radius 1 is 1.19 bits per heavy atom. The van der Waals surface area contributed by atoms with Crippen molar-refractivity contribution >= 4 is 5.91 Å². The number of hydrogen-bond donors (Lipinski definition) is 1. The molecule has 2 fully saturated rings. The molecule has 27 heavy (non-hydrogen) atoms. The van der Waals surface area contributed by atoms with Gasteiger partial charge in [0.05, 0.1) is 12.6 Å². The van der Waals surface area contributed by atoms with Crippen molar-refractivity contribution in [3.05, 3.63) is 17.5 Å². The zero-order chi connectivity index (χ0) is 19.4. The summed E-state index contributed by atoms with van der Waals surface area (Å²) in [7, 11) is 0. The normalized spacial score (nSPS) is 21.7. The van der Waals surface area contributed by atoms with Gasteiger partial charge >= 0.3 is 0 Å². The lowest BCUT2D eigenvalue weighted by molar-refractivity contribution is 0.0258. The molecule has 0 bridgehead atoms. The Morgan fingerprint density at radius 2 is 1.81 bits per heavy atom. The first-order valence-corrected chi connectivity index (χ1v) is 10.4. The van der Waals surface area contributed by atoms with Gasteiger partial charge in [-0.2, -0.15) is 0 Å². The molecule has 2 aliphatic rings. The van der Waals surface area contributed by atoms with E-state index in [0.29, 0.717) is 25.3 Å². The first kappa shape index (κ1) is 20.3. The highest BCUT2D eigenvalue weighted by atomic mass is 16.5. The number of piperazine rings is 1. The molecule has 0 aromatic carbocycles. The van der Waals surface area contributed by atoms with E-state index >= 15 is 0 Å². The van der Waals surface area contributed by atoms with Crippen LogP contribution in [0.1, 0.15) is 49.9 Å². The number of hydrogen-bond acceptors (Lipinski definition) is 6.